The van der Waals surface area contributed by atoms with E-state index < -0.39 is 18.0 Å². The van der Waals surface area contributed by atoms with Gasteiger partial charge < -0.3 is 20.5 Å². The Kier molecular flexibility index (Phi) is 9.23. The zero-order valence-corrected chi connectivity index (χ0v) is 23.0. The van der Waals surface area contributed by atoms with Gasteiger partial charge in [-0.05, 0) is 91.0 Å². The maximum atomic E-state index is 14.0. The average Bonchev–Trinajstić information content (AvgIpc) is 3.23. The highest BCUT2D eigenvalue weighted by Crippen LogP contribution is 2.39. The summed E-state index contributed by atoms with van der Waals surface area (Å²) in [5, 5.41) is 10.0. The summed E-state index contributed by atoms with van der Waals surface area (Å²) < 4.78 is 5.53. The molecule has 2 saturated carbocycles. The third-order valence-corrected chi connectivity index (χ3v) is 8.02. The molecule has 0 bridgehead atoms. The molecule has 198 valence electrons. The van der Waals surface area contributed by atoms with Gasteiger partial charge in [-0.3, -0.25) is 9.59 Å². The minimum atomic E-state index is -1.05. The number of aromatic carboxylic acids is 1. The Labute approximate surface area is 218 Å². The first kappa shape index (κ1) is 28.2. The fraction of sp³-hybridized carbons (Fsp3) is 0.679. The van der Waals surface area contributed by atoms with Crippen LogP contribution in [-0.2, 0) is 14.3 Å². The van der Waals surface area contributed by atoms with E-state index in [1.54, 1.807) is 17.9 Å². The molecule has 0 aromatic carbocycles. The van der Waals surface area contributed by atoms with E-state index in [9.17, 15) is 19.5 Å². The van der Waals surface area contributed by atoms with Crippen LogP contribution in [0.15, 0.2) is 6.07 Å². The molecular weight excluding hydrogens is 476 g/mol. The Balaban J connectivity index is 1.92. The normalized spacial score (nSPS) is 25.3. The smallest absolute Gasteiger partial charge is 0.348 e. The molecule has 0 spiro atoms. The second kappa shape index (κ2) is 11.8. The molecule has 2 aliphatic rings. The van der Waals surface area contributed by atoms with Gasteiger partial charge in [-0.1, -0.05) is 18.8 Å². The van der Waals surface area contributed by atoms with Gasteiger partial charge in [0.15, 0.2) is 0 Å². The van der Waals surface area contributed by atoms with Gasteiger partial charge in [0, 0.05) is 17.4 Å². The van der Waals surface area contributed by atoms with Gasteiger partial charge in [-0.2, -0.15) is 0 Å². The van der Waals surface area contributed by atoms with Gasteiger partial charge in [0.05, 0.1) is 10.6 Å². The molecule has 0 unspecified atom stereocenters. The first-order valence-corrected chi connectivity index (χ1v) is 13.9. The number of ether oxygens (including phenoxy) is 1. The molecule has 0 radical (unpaired) electrons. The number of carbonyl (C=O) groups is 3. The monoisotopic (exact) mass is 516 g/mol. The molecule has 1 aromatic heterocycles. The summed E-state index contributed by atoms with van der Waals surface area (Å²) in [6, 6.07) is 0.947. The summed E-state index contributed by atoms with van der Waals surface area (Å²) in [7, 11) is 0. The molecule has 1 amide bonds. The van der Waals surface area contributed by atoms with E-state index in [2.05, 4.69) is 18.8 Å². The summed E-state index contributed by atoms with van der Waals surface area (Å²) in [6.45, 7) is 9.82. The molecular formula is C28H40N2O5S. The van der Waals surface area contributed by atoms with E-state index in [0.29, 0.717) is 42.2 Å². The van der Waals surface area contributed by atoms with Crippen LogP contribution in [0, 0.1) is 29.1 Å². The third kappa shape index (κ3) is 7.33. The number of hydrogen-bond acceptors (Lipinski definition) is 6. The van der Waals surface area contributed by atoms with Crippen LogP contribution in [0.1, 0.15) is 101 Å². The lowest BCUT2D eigenvalue weighted by molar-refractivity contribution is -0.152. The molecule has 8 heteroatoms. The maximum Gasteiger partial charge on any atom is 0.348 e. The second-order valence-corrected chi connectivity index (χ2v) is 12.5. The number of nitrogens with zero attached hydrogens (tertiary/aromatic N) is 1. The lowest BCUT2D eigenvalue weighted by Gasteiger charge is -2.39. The zero-order valence-electron chi connectivity index (χ0n) is 22.1. The number of carbonyl (C=O) groups excluding carboxylic acids is 2. The summed E-state index contributed by atoms with van der Waals surface area (Å²) in [4.78, 5) is 40.7. The number of anilines is 1. The highest BCUT2D eigenvalue weighted by atomic mass is 32.1. The molecule has 2 fully saturated rings. The fourth-order valence-electron chi connectivity index (χ4n) is 4.92. The minimum Gasteiger partial charge on any atom is -0.477 e. The van der Waals surface area contributed by atoms with Crippen molar-refractivity contribution in [2.45, 2.75) is 104 Å². The number of rotatable bonds is 6. The Morgan fingerprint density at radius 2 is 1.72 bits per heavy atom. The topological polar surface area (TPSA) is 110 Å². The lowest BCUT2D eigenvalue weighted by Crippen LogP contribution is -2.47. The first-order valence-electron chi connectivity index (χ1n) is 13.0. The van der Waals surface area contributed by atoms with E-state index in [0.717, 1.165) is 37.0 Å². The second-order valence-electron chi connectivity index (χ2n) is 11.5. The summed E-state index contributed by atoms with van der Waals surface area (Å²) in [5.41, 5.74) is 5.87. The Morgan fingerprint density at radius 1 is 1.11 bits per heavy atom. The minimum absolute atomic E-state index is 0.00792. The van der Waals surface area contributed by atoms with Gasteiger partial charge in [0.1, 0.15) is 17.0 Å². The molecule has 1 aromatic rings. The lowest BCUT2D eigenvalue weighted by atomic mass is 9.81. The van der Waals surface area contributed by atoms with Crippen LogP contribution in [0.2, 0.25) is 0 Å². The van der Waals surface area contributed by atoms with Crippen LogP contribution in [0.5, 0.6) is 0 Å². The molecule has 7 nitrogen and oxygen atoms in total. The molecule has 3 N–H and O–H groups in total. The molecule has 0 saturated heterocycles. The molecule has 1 heterocycles. The number of nitrogens with two attached hydrogens (primary N) is 1. The van der Waals surface area contributed by atoms with Crippen molar-refractivity contribution in [3.05, 3.63) is 15.8 Å². The Bertz CT molecular complexity index is 1010. The van der Waals surface area contributed by atoms with Crippen LogP contribution in [0.4, 0.5) is 5.69 Å². The van der Waals surface area contributed by atoms with Crippen molar-refractivity contribution in [1.29, 1.82) is 0 Å². The third-order valence-electron chi connectivity index (χ3n) is 6.99. The van der Waals surface area contributed by atoms with Crippen molar-refractivity contribution >= 4 is 34.9 Å². The van der Waals surface area contributed by atoms with Crippen LogP contribution in [0.3, 0.4) is 0 Å². The number of hydrogen-bond donors (Lipinski definition) is 2. The molecule has 0 aliphatic heterocycles. The van der Waals surface area contributed by atoms with Crippen molar-refractivity contribution in [3.63, 3.8) is 0 Å². The van der Waals surface area contributed by atoms with Crippen LogP contribution >= 0.6 is 11.3 Å². The van der Waals surface area contributed by atoms with Gasteiger partial charge in [0.25, 0.3) is 0 Å². The largest absolute Gasteiger partial charge is 0.477 e. The Hall–Kier alpha value is -2.37. The summed E-state index contributed by atoms with van der Waals surface area (Å²) in [5.74, 6) is 5.32. The number of carboxylic acid groups (broad SMARTS) is 1. The standard InChI is InChI=1S/C28H40N2O5S/c1-17-6-8-19(9-7-17)25(31)30(20-10-12-21(13-11-20)35-27(34)18(2)29)23-16-22(14-15-28(3,4)5)36-24(23)26(32)33/h16-21H,6-13,29H2,1-5H3,(H,32,33)/t17-,18-,19-,20-,21-/m1/s1. The number of amides is 1. The number of esters is 1. The van der Waals surface area contributed by atoms with Crippen molar-refractivity contribution < 1.29 is 24.2 Å². The van der Waals surface area contributed by atoms with Gasteiger partial charge in [-0.15, -0.1) is 11.3 Å². The molecule has 36 heavy (non-hydrogen) atoms. The van der Waals surface area contributed by atoms with Crippen LogP contribution in [0.25, 0.3) is 0 Å². The van der Waals surface area contributed by atoms with E-state index in [-0.39, 0.29) is 34.3 Å². The molecule has 3 rings (SSSR count). The molecule has 2 aliphatic carbocycles. The SMILES string of the molecule is C[C@@H](N)C(=O)O[C@H]1CC[C@H](N(c2cc(C#CC(C)(C)C)sc2C(=O)O)C(=O)[C@H]2CC[C@H](C)CC2)CC1. The molecule has 1 atom stereocenters. The van der Waals surface area contributed by atoms with E-state index in [1.165, 1.54) is 0 Å². The van der Waals surface area contributed by atoms with Crippen LogP contribution < -0.4 is 10.6 Å². The number of thiophene rings is 1. The summed E-state index contributed by atoms with van der Waals surface area (Å²) in [6.07, 6.45) is 5.89. The van der Waals surface area contributed by atoms with E-state index >= 15 is 0 Å². The van der Waals surface area contributed by atoms with Crippen molar-refractivity contribution in [2.24, 2.45) is 23.0 Å². The Morgan fingerprint density at radius 3 is 2.25 bits per heavy atom. The first-order chi connectivity index (χ1) is 16.9. The predicted molar refractivity (Wildman–Crippen MR) is 142 cm³/mol. The maximum absolute atomic E-state index is 14.0. The van der Waals surface area contributed by atoms with Crippen LogP contribution in [-0.4, -0.2) is 41.1 Å². The van der Waals surface area contributed by atoms with Crippen molar-refractivity contribution in [1.82, 2.24) is 0 Å². The zero-order chi connectivity index (χ0) is 26.6. The number of carboxylic acids is 1. The van der Waals surface area contributed by atoms with Gasteiger partial charge in [-0.25, -0.2) is 4.79 Å². The van der Waals surface area contributed by atoms with E-state index in [1.807, 2.05) is 20.8 Å². The van der Waals surface area contributed by atoms with Crippen molar-refractivity contribution in [2.75, 3.05) is 4.90 Å². The predicted octanol–water partition coefficient (Wildman–Crippen LogP) is 5.20. The van der Waals surface area contributed by atoms with Gasteiger partial charge >= 0.3 is 11.9 Å². The summed E-state index contributed by atoms with van der Waals surface area (Å²) >= 11 is 1.13. The van der Waals surface area contributed by atoms with E-state index in [4.69, 9.17) is 10.5 Å². The average molecular weight is 517 g/mol. The van der Waals surface area contributed by atoms with Crippen molar-refractivity contribution in [3.8, 4) is 11.8 Å². The highest BCUT2D eigenvalue weighted by molar-refractivity contribution is 7.15. The fourth-order valence-corrected chi connectivity index (χ4v) is 5.76. The highest BCUT2D eigenvalue weighted by Gasteiger charge is 2.38. The van der Waals surface area contributed by atoms with Gasteiger partial charge in [0.2, 0.25) is 5.91 Å². The quantitative estimate of drug-likeness (QED) is 0.397.